The highest BCUT2D eigenvalue weighted by Crippen LogP contribution is 2.26. The topological polar surface area (TPSA) is 84.9 Å². The molecule has 2 aromatic heterocycles. The van der Waals surface area contributed by atoms with Gasteiger partial charge in [-0.25, -0.2) is 9.78 Å². The number of anilines is 1. The number of nitrogen functional groups attached to an aromatic ring is 1. The highest BCUT2D eigenvalue weighted by Gasteiger charge is 2.10. The van der Waals surface area contributed by atoms with Gasteiger partial charge in [0.1, 0.15) is 5.52 Å². The van der Waals surface area contributed by atoms with Gasteiger partial charge in [-0.3, -0.25) is 4.98 Å². The lowest BCUT2D eigenvalue weighted by atomic mass is 10.1. The first kappa shape index (κ1) is 10.6. The molecule has 0 saturated carbocycles. The van der Waals surface area contributed by atoms with Crippen LogP contribution in [0, 0.1) is 6.92 Å². The van der Waals surface area contributed by atoms with E-state index in [0.717, 1.165) is 11.1 Å². The van der Waals surface area contributed by atoms with Gasteiger partial charge < -0.3 is 10.2 Å². The van der Waals surface area contributed by atoms with Crippen LogP contribution >= 0.6 is 0 Å². The monoisotopic (exact) mass is 241 g/mol. The van der Waals surface area contributed by atoms with Crippen LogP contribution in [0.1, 0.15) is 5.56 Å². The number of aryl methyl sites for hydroxylation is 1. The fourth-order valence-corrected chi connectivity index (χ4v) is 1.85. The lowest BCUT2D eigenvalue weighted by Crippen LogP contribution is -1.94. The molecule has 0 aliphatic heterocycles. The Morgan fingerprint density at radius 2 is 2.00 bits per heavy atom. The van der Waals surface area contributed by atoms with Gasteiger partial charge in [-0.2, -0.15) is 0 Å². The summed E-state index contributed by atoms with van der Waals surface area (Å²) in [7, 11) is 0. The van der Waals surface area contributed by atoms with E-state index in [2.05, 4.69) is 9.97 Å². The van der Waals surface area contributed by atoms with Gasteiger partial charge in [-0.1, -0.05) is 29.8 Å². The molecule has 0 atom stereocenters. The first-order valence-electron chi connectivity index (χ1n) is 5.50. The van der Waals surface area contributed by atoms with Crippen LogP contribution in [0.25, 0.3) is 22.5 Å². The van der Waals surface area contributed by atoms with Crippen molar-refractivity contribution in [3.8, 4) is 11.3 Å². The Labute approximate surface area is 102 Å². The van der Waals surface area contributed by atoms with Gasteiger partial charge in [-0.05, 0) is 13.0 Å². The summed E-state index contributed by atoms with van der Waals surface area (Å²) >= 11 is 0. The van der Waals surface area contributed by atoms with E-state index in [1.165, 1.54) is 0 Å². The third-order valence-corrected chi connectivity index (χ3v) is 2.77. The number of hydrogen-bond acceptors (Lipinski definition) is 4. The van der Waals surface area contributed by atoms with E-state index < -0.39 is 5.76 Å². The first-order chi connectivity index (χ1) is 8.63. The van der Waals surface area contributed by atoms with Crippen LogP contribution in [-0.4, -0.2) is 9.97 Å². The summed E-state index contributed by atoms with van der Waals surface area (Å²) in [5, 5.41) is 0. The highest BCUT2D eigenvalue weighted by atomic mass is 16.4. The van der Waals surface area contributed by atoms with E-state index in [1.807, 2.05) is 31.2 Å². The summed E-state index contributed by atoms with van der Waals surface area (Å²) in [5.74, 6) is -0.530. The molecular formula is C13H11N3O2. The van der Waals surface area contributed by atoms with Crippen molar-refractivity contribution < 1.29 is 4.42 Å². The number of hydrogen-bond donors (Lipinski definition) is 2. The number of aromatic nitrogens is 2. The summed E-state index contributed by atoms with van der Waals surface area (Å²) in [6.45, 7) is 2.01. The van der Waals surface area contributed by atoms with E-state index in [-0.39, 0.29) is 5.71 Å². The van der Waals surface area contributed by atoms with Crippen LogP contribution in [0.2, 0.25) is 0 Å². The third kappa shape index (κ3) is 1.66. The Morgan fingerprint density at radius 3 is 2.72 bits per heavy atom. The van der Waals surface area contributed by atoms with Crippen LogP contribution in [-0.2, 0) is 0 Å². The molecule has 3 aromatic rings. The van der Waals surface area contributed by atoms with Crippen LogP contribution in [0.4, 0.5) is 5.69 Å². The maximum Gasteiger partial charge on any atom is 0.418 e. The fourth-order valence-electron chi connectivity index (χ4n) is 1.85. The Kier molecular flexibility index (Phi) is 2.19. The van der Waals surface area contributed by atoms with Crippen molar-refractivity contribution in [2.45, 2.75) is 6.92 Å². The van der Waals surface area contributed by atoms with Crippen molar-refractivity contribution in [2.24, 2.45) is 0 Å². The molecule has 0 aliphatic carbocycles. The molecule has 0 bridgehead atoms. The van der Waals surface area contributed by atoms with E-state index in [1.54, 1.807) is 6.07 Å². The van der Waals surface area contributed by atoms with Crippen LogP contribution in [0.3, 0.4) is 0 Å². The number of fused-ring (bicyclic) bond motifs is 1. The van der Waals surface area contributed by atoms with Gasteiger partial charge in [-0.15, -0.1) is 0 Å². The summed E-state index contributed by atoms with van der Waals surface area (Å²) in [5.41, 5.74) is 9.89. The molecule has 0 amide bonds. The smallest absolute Gasteiger partial charge is 0.397 e. The van der Waals surface area contributed by atoms with Crippen LogP contribution < -0.4 is 11.5 Å². The number of oxazole rings is 1. The predicted molar refractivity (Wildman–Crippen MR) is 69.2 cm³/mol. The molecule has 3 N–H and O–H groups in total. The summed E-state index contributed by atoms with van der Waals surface area (Å²) in [6, 6.07) is 9.49. The van der Waals surface area contributed by atoms with E-state index in [0.29, 0.717) is 16.9 Å². The van der Waals surface area contributed by atoms with E-state index in [9.17, 15) is 4.79 Å². The quantitative estimate of drug-likeness (QED) is 0.683. The molecule has 5 nitrogen and oxygen atoms in total. The SMILES string of the molecule is Cc1ccc(-c2nc3oc(=O)[nH]c3cc2N)cc1. The summed E-state index contributed by atoms with van der Waals surface area (Å²) in [4.78, 5) is 17.9. The lowest BCUT2D eigenvalue weighted by molar-refractivity contribution is 0.546. The Balaban J connectivity index is 2.24. The molecule has 90 valence electrons. The lowest BCUT2D eigenvalue weighted by Gasteiger charge is -2.04. The molecule has 3 rings (SSSR count). The highest BCUT2D eigenvalue weighted by molar-refractivity contribution is 5.82. The Morgan fingerprint density at radius 1 is 1.28 bits per heavy atom. The molecule has 1 aromatic carbocycles. The Hall–Kier alpha value is -2.56. The average molecular weight is 241 g/mol. The van der Waals surface area contributed by atoms with Gasteiger partial charge in [0.15, 0.2) is 0 Å². The minimum Gasteiger partial charge on any atom is -0.397 e. The van der Waals surface area contributed by atoms with Crippen molar-refractivity contribution in [3.63, 3.8) is 0 Å². The standard InChI is InChI=1S/C13H11N3O2/c1-7-2-4-8(5-3-7)11-9(14)6-10-12(16-11)18-13(17)15-10/h2-6H,14H2,1H3,(H,15,17). The molecule has 0 saturated heterocycles. The maximum atomic E-state index is 11.1. The van der Waals surface area contributed by atoms with Gasteiger partial charge in [0.05, 0.1) is 11.4 Å². The minimum absolute atomic E-state index is 0.268. The van der Waals surface area contributed by atoms with Gasteiger partial charge in [0.25, 0.3) is 0 Å². The zero-order chi connectivity index (χ0) is 12.7. The fraction of sp³-hybridized carbons (Fsp3) is 0.0769. The molecule has 0 spiro atoms. The predicted octanol–water partition coefficient (Wildman–Crippen LogP) is 2.07. The number of nitrogens with zero attached hydrogens (tertiary/aromatic N) is 1. The molecule has 5 heteroatoms. The molecule has 18 heavy (non-hydrogen) atoms. The number of pyridine rings is 1. The number of H-pyrrole nitrogens is 1. The van der Waals surface area contributed by atoms with Crippen molar-refractivity contribution in [1.82, 2.24) is 9.97 Å². The van der Waals surface area contributed by atoms with Crippen molar-refractivity contribution in [1.29, 1.82) is 0 Å². The second-order valence-electron chi connectivity index (χ2n) is 4.16. The number of benzene rings is 1. The first-order valence-corrected chi connectivity index (χ1v) is 5.50. The van der Waals surface area contributed by atoms with Crippen molar-refractivity contribution >= 4 is 16.9 Å². The van der Waals surface area contributed by atoms with Gasteiger partial charge in [0, 0.05) is 5.56 Å². The minimum atomic E-state index is -0.530. The summed E-state index contributed by atoms with van der Waals surface area (Å²) < 4.78 is 4.93. The maximum absolute atomic E-state index is 11.1. The number of rotatable bonds is 1. The average Bonchev–Trinajstić information content (AvgIpc) is 2.68. The summed E-state index contributed by atoms with van der Waals surface area (Å²) in [6.07, 6.45) is 0. The molecule has 0 radical (unpaired) electrons. The van der Waals surface area contributed by atoms with E-state index >= 15 is 0 Å². The zero-order valence-electron chi connectivity index (χ0n) is 9.73. The molecular weight excluding hydrogens is 230 g/mol. The van der Waals surface area contributed by atoms with E-state index in [4.69, 9.17) is 10.2 Å². The van der Waals surface area contributed by atoms with Gasteiger partial charge in [0.2, 0.25) is 5.71 Å². The van der Waals surface area contributed by atoms with Crippen LogP contribution in [0.15, 0.2) is 39.5 Å². The Bertz CT molecular complexity index is 769. The third-order valence-electron chi connectivity index (χ3n) is 2.77. The van der Waals surface area contributed by atoms with Crippen molar-refractivity contribution in [2.75, 3.05) is 5.73 Å². The molecule has 0 unspecified atom stereocenters. The zero-order valence-corrected chi connectivity index (χ0v) is 9.73. The van der Waals surface area contributed by atoms with Crippen LogP contribution in [0.5, 0.6) is 0 Å². The normalized spacial score (nSPS) is 10.9. The molecule has 0 aliphatic rings. The van der Waals surface area contributed by atoms with Crippen molar-refractivity contribution in [3.05, 3.63) is 46.4 Å². The molecule has 2 heterocycles. The number of nitrogens with one attached hydrogen (secondary N) is 1. The molecule has 0 fully saturated rings. The number of aromatic amines is 1. The second kappa shape index (κ2) is 3.73. The largest absolute Gasteiger partial charge is 0.418 e. The van der Waals surface area contributed by atoms with Gasteiger partial charge >= 0.3 is 5.76 Å². The second-order valence-corrected chi connectivity index (χ2v) is 4.16. The number of nitrogens with two attached hydrogens (primary N) is 1.